The van der Waals surface area contributed by atoms with Crippen molar-refractivity contribution in [1.82, 2.24) is 9.97 Å². The van der Waals surface area contributed by atoms with Gasteiger partial charge in [-0.3, -0.25) is 4.79 Å². The van der Waals surface area contributed by atoms with Gasteiger partial charge in [0, 0.05) is 5.69 Å². The Hall–Kier alpha value is -3.74. The van der Waals surface area contributed by atoms with Gasteiger partial charge in [-0.2, -0.15) is 0 Å². The minimum Gasteiger partial charge on any atom is -0.493 e. The lowest BCUT2D eigenvalue weighted by Gasteiger charge is -2.12. The fourth-order valence-electron chi connectivity index (χ4n) is 2.88. The molecule has 0 saturated heterocycles. The molecule has 4 aromatic rings. The van der Waals surface area contributed by atoms with Crippen LogP contribution in [0, 0.1) is 0 Å². The van der Waals surface area contributed by atoms with Crippen molar-refractivity contribution in [2.45, 2.75) is 0 Å². The molecule has 4 rings (SSSR count). The SMILES string of the molecule is COc1cccc(C(=O)Nc2ccc3nc(-c4ccco4)[nH]c3c2)c1OC. The minimum atomic E-state index is -0.295. The summed E-state index contributed by atoms with van der Waals surface area (Å²) in [5, 5.41) is 2.87. The Kier molecular flexibility index (Phi) is 4.25. The first kappa shape index (κ1) is 16.7. The van der Waals surface area contributed by atoms with Crippen LogP contribution >= 0.6 is 0 Å². The molecule has 0 aliphatic rings. The second-order valence-corrected chi connectivity index (χ2v) is 5.79. The number of aromatic nitrogens is 2. The molecule has 136 valence electrons. The van der Waals surface area contributed by atoms with Crippen LogP contribution in [0.1, 0.15) is 10.4 Å². The molecule has 0 spiro atoms. The Bertz CT molecular complexity index is 1100. The summed E-state index contributed by atoms with van der Waals surface area (Å²) in [6.07, 6.45) is 1.59. The molecule has 0 unspecified atom stereocenters. The number of carbonyl (C=O) groups excluding carboxylic acids is 1. The molecule has 27 heavy (non-hydrogen) atoms. The molecule has 2 aromatic heterocycles. The van der Waals surface area contributed by atoms with Crippen molar-refractivity contribution in [1.29, 1.82) is 0 Å². The van der Waals surface area contributed by atoms with Crippen molar-refractivity contribution < 1.29 is 18.7 Å². The number of methoxy groups -OCH3 is 2. The topological polar surface area (TPSA) is 89.4 Å². The van der Waals surface area contributed by atoms with Crippen molar-refractivity contribution in [2.75, 3.05) is 19.5 Å². The molecule has 7 heteroatoms. The first-order valence-electron chi connectivity index (χ1n) is 8.25. The van der Waals surface area contributed by atoms with Crippen LogP contribution in [0.4, 0.5) is 5.69 Å². The maximum Gasteiger partial charge on any atom is 0.259 e. The molecule has 2 aromatic carbocycles. The number of hydrogen-bond acceptors (Lipinski definition) is 5. The highest BCUT2D eigenvalue weighted by atomic mass is 16.5. The van der Waals surface area contributed by atoms with Crippen molar-refractivity contribution in [2.24, 2.45) is 0 Å². The van der Waals surface area contributed by atoms with Gasteiger partial charge in [0.15, 0.2) is 23.1 Å². The summed E-state index contributed by atoms with van der Waals surface area (Å²) in [5.74, 6) is 1.87. The first-order chi connectivity index (χ1) is 13.2. The van der Waals surface area contributed by atoms with Gasteiger partial charge in [-0.1, -0.05) is 6.07 Å². The number of nitrogens with zero attached hydrogens (tertiary/aromatic N) is 1. The third kappa shape index (κ3) is 3.10. The highest BCUT2D eigenvalue weighted by Gasteiger charge is 2.17. The molecule has 0 saturated carbocycles. The van der Waals surface area contributed by atoms with E-state index in [4.69, 9.17) is 13.9 Å². The molecular formula is C20H17N3O4. The molecule has 1 amide bonds. The van der Waals surface area contributed by atoms with E-state index in [2.05, 4.69) is 15.3 Å². The summed E-state index contributed by atoms with van der Waals surface area (Å²) in [6.45, 7) is 0. The van der Waals surface area contributed by atoms with E-state index in [1.165, 1.54) is 14.2 Å². The second-order valence-electron chi connectivity index (χ2n) is 5.79. The molecule has 0 aliphatic heterocycles. The number of hydrogen-bond donors (Lipinski definition) is 2. The minimum absolute atomic E-state index is 0.295. The van der Waals surface area contributed by atoms with Crippen molar-refractivity contribution >= 4 is 22.6 Å². The zero-order valence-electron chi connectivity index (χ0n) is 14.8. The summed E-state index contributed by atoms with van der Waals surface area (Å²) in [4.78, 5) is 20.4. The fraction of sp³-hybridized carbons (Fsp3) is 0.100. The van der Waals surface area contributed by atoms with Crippen LogP contribution in [-0.4, -0.2) is 30.1 Å². The van der Waals surface area contributed by atoms with Crippen molar-refractivity contribution in [3.8, 4) is 23.1 Å². The number of amides is 1. The number of rotatable bonds is 5. The molecule has 2 heterocycles. The highest BCUT2D eigenvalue weighted by Crippen LogP contribution is 2.31. The molecular weight excluding hydrogens is 346 g/mol. The quantitative estimate of drug-likeness (QED) is 0.557. The van der Waals surface area contributed by atoms with E-state index in [0.29, 0.717) is 34.3 Å². The number of H-pyrrole nitrogens is 1. The Labute approximate surface area is 154 Å². The van der Waals surface area contributed by atoms with Gasteiger partial charge in [0.2, 0.25) is 0 Å². The predicted octanol–water partition coefficient (Wildman–Crippen LogP) is 4.09. The second kappa shape index (κ2) is 6.87. The Morgan fingerprint density at radius 1 is 1.11 bits per heavy atom. The number of carbonyl (C=O) groups is 1. The van der Waals surface area contributed by atoms with Crippen LogP contribution in [-0.2, 0) is 0 Å². The molecule has 0 fully saturated rings. The van der Waals surface area contributed by atoms with Crippen LogP contribution in [0.3, 0.4) is 0 Å². The number of anilines is 1. The van der Waals surface area contributed by atoms with Gasteiger partial charge >= 0.3 is 0 Å². The number of fused-ring (bicyclic) bond motifs is 1. The number of benzene rings is 2. The summed E-state index contributed by atoms with van der Waals surface area (Å²) < 4.78 is 15.9. The number of imidazole rings is 1. The zero-order valence-corrected chi connectivity index (χ0v) is 14.8. The number of ether oxygens (including phenoxy) is 2. The summed E-state index contributed by atoms with van der Waals surface area (Å²) in [5.41, 5.74) is 2.58. The Balaban J connectivity index is 1.63. The zero-order chi connectivity index (χ0) is 18.8. The van der Waals surface area contributed by atoms with Gasteiger partial charge < -0.3 is 24.2 Å². The predicted molar refractivity (Wildman–Crippen MR) is 101 cm³/mol. The van der Waals surface area contributed by atoms with E-state index in [-0.39, 0.29) is 5.91 Å². The fourth-order valence-corrected chi connectivity index (χ4v) is 2.88. The smallest absolute Gasteiger partial charge is 0.259 e. The molecule has 0 atom stereocenters. The van der Waals surface area contributed by atoms with E-state index in [1.54, 1.807) is 36.6 Å². The molecule has 2 N–H and O–H groups in total. The normalized spacial score (nSPS) is 10.7. The highest BCUT2D eigenvalue weighted by molar-refractivity contribution is 6.07. The third-order valence-electron chi connectivity index (χ3n) is 4.14. The van der Waals surface area contributed by atoms with Crippen LogP contribution < -0.4 is 14.8 Å². The van der Waals surface area contributed by atoms with E-state index >= 15 is 0 Å². The average Bonchev–Trinajstić information content (AvgIpc) is 3.36. The summed E-state index contributed by atoms with van der Waals surface area (Å²) in [6, 6.07) is 14.2. The van der Waals surface area contributed by atoms with Crippen LogP contribution in [0.25, 0.3) is 22.6 Å². The first-order valence-corrected chi connectivity index (χ1v) is 8.25. The van der Waals surface area contributed by atoms with Crippen LogP contribution in [0.2, 0.25) is 0 Å². The number of para-hydroxylation sites is 1. The maximum absolute atomic E-state index is 12.7. The van der Waals surface area contributed by atoms with Gasteiger partial charge in [0.1, 0.15) is 0 Å². The van der Waals surface area contributed by atoms with Crippen molar-refractivity contribution in [3.63, 3.8) is 0 Å². The number of furan rings is 1. The number of nitrogens with one attached hydrogen (secondary N) is 2. The van der Waals surface area contributed by atoms with E-state index in [1.807, 2.05) is 18.2 Å². The average molecular weight is 363 g/mol. The largest absolute Gasteiger partial charge is 0.493 e. The molecule has 7 nitrogen and oxygen atoms in total. The standard InChI is InChI=1S/C20H17N3O4/c1-25-16-6-3-5-13(18(16)26-2)20(24)21-12-8-9-14-15(11-12)23-19(22-14)17-7-4-10-27-17/h3-11H,1-2H3,(H,21,24)(H,22,23). The lowest BCUT2D eigenvalue weighted by Crippen LogP contribution is -2.13. The van der Waals surface area contributed by atoms with Gasteiger partial charge in [-0.25, -0.2) is 4.98 Å². The van der Waals surface area contributed by atoms with E-state index in [0.717, 1.165) is 11.0 Å². The lowest BCUT2D eigenvalue weighted by atomic mass is 10.1. The van der Waals surface area contributed by atoms with Gasteiger partial charge in [0.25, 0.3) is 5.91 Å². The van der Waals surface area contributed by atoms with Crippen molar-refractivity contribution in [3.05, 3.63) is 60.4 Å². The Morgan fingerprint density at radius 3 is 2.74 bits per heavy atom. The van der Waals surface area contributed by atoms with Crippen LogP contribution in [0.15, 0.2) is 59.2 Å². The summed E-state index contributed by atoms with van der Waals surface area (Å²) >= 11 is 0. The van der Waals surface area contributed by atoms with Gasteiger partial charge in [-0.05, 0) is 42.5 Å². The lowest BCUT2D eigenvalue weighted by molar-refractivity contribution is 0.102. The molecule has 0 aliphatic carbocycles. The van der Waals surface area contributed by atoms with E-state index < -0.39 is 0 Å². The Morgan fingerprint density at radius 2 is 2.00 bits per heavy atom. The van der Waals surface area contributed by atoms with Gasteiger partial charge in [-0.15, -0.1) is 0 Å². The molecule has 0 bridgehead atoms. The number of aromatic amines is 1. The summed E-state index contributed by atoms with van der Waals surface area (Å²) in [7, 11) is 3.03. The van der Waals surface area contributed by atoms with E-state index in [9.17, 15) is 4.79 Å². The third-order valence-corrected chi connectivity index (χ3v) is 4.14. The molecule has 0 radical (unpaired) electrons. The maximum atomic E-state index is 12.7. The monoisotopic (exact) mass is 363 g/mol. The van der Waals surface area contributed by atoms with Gasteiger partial charge in [0.05, 0.1) is 37.1 Å². The van der Waals surface area contributed by atoms with Crippen LogP contribution in [0.5, 0.6) is 11.5 Å².